The van der Waals surface area contributed by atoms with E-state index in [1.165, 1.54) is 19.8 Å². The molecule has 3 aromatic rings. The third-order valence-corrected chi connectivity index (χ3v) is 4.35. The van der Waals surface area contributed by atoms with Crippen molar-refractivity contribution in [2.24, 2.45) is 5.10 Å². The van der Waals surface area contributed by atoms with Crippen LogP contribution >= 0.6 is 0 Å². The van der Waals surface area contributed by atoms with Crippen LogP contribution in [-0.4, -0.2) is 30.4 Å². The molecule has 0 atom stereocenters. The predicted molar refractivity (Wildman–Crippen MR) is 118 cm³/mol. The van der Waals surface area contributed by atoms with Crippen molar-refractivity contribution in [2.75, 3.05) is 19.6 Å². The third-order valence-electron chi connectivity index (χ3n) is 4.35. The fourth-order valence-electron chi connectivity index (χ4n) is 2.64. The van der Waals surface area contributed by atoms with Crippen LogP contribution in [0.4, 0.5) is 5.69 Å². The summed E-state index contributed by atoms with van der Waals surface area (Å²) in [4.78, 5) is 8.39. The molecule has 0 saturated carbocycles. The van der Waals surface area contributed by atoms with Crippen LogP contribution in [0.25, 0.3) is 0 Å². The highest BCUT2D eigenvalue weighted by atomic mass is 16.5. The number of aromatic nitrogens is 2. The lowest BCUT2D eigenvalue weighted by Crippen LogP contribution is -2.10. The van der Waals surface area contributed by atoms with Crippen LogP contribution < -0.4 is 19.6 Å². The number of para-hydroxylation sites is 1. The molecule has 30 heavy (non-hydrogen) atoms. The van der Waals surface area contributed by atoms with E-state index < -0.39 is 0 Å². The lowest BCUT2D eigenvalue weighted by atomic mass is 9.87. The number of hydrogen-bond acceptors (Lipinski definition) is 7. The summed E-state index contributed by atoms with van der Waals surface area (Å²) < 4.78 is 16.2. The Morgan fingerprint density at radius 2 is 1.53 bits per heavy atom. The molecule has 1 heterocycles. The molecule has 0 aliphatic rings. The molecule has 1 aromatic heterocycles. The first-order valence-corrected chi connectivity index (χ1v) is 9.52. The van der Waals surface area contributed by atoms with E-state index in [0.717, 1.165) is 11.3 Å². The molecule has 0 amide bonds. The maximum absolute atomic E-state index is 5.85. The van der Waals surface area contributed by atoms with E-state index in [1.807, 2.05) is 36.4 Å². The summed E-state index contributed by atoms with van der Waals surface area (Å²) in [6.07, 6.45) is 1.68. The van der Waals surface area contributed by atoms with Gasteiger partial charge in [-0.1, -0.05) is 45.0 Å². The minimum Gasteiger partial charge on any atom is -0.481 e. The van der Waals surface area contributed by atoms with Gasteiger partial charge in [0.15, 0.2) is 0 Å². The molecule has 0 unspecified atom stereocenters. The minimum absolute atomic E-state index is 0.114. The highest BCUT2D eigenvalue weighted by molar-refractivity contribution is 5.84. The number of rotatable bonds is 7. The van der Waals surface area contributed by atoms with Crippen LogP contribution in [0, 0.1) is 0 Å². The number of hydrazone groups is 1. The van der Waals surface area contributed by atoms with E-state index in [1.54, 1.807) is 12.3 Å². The Hall–Kier alpha value is -3.61. The second-order valence-corrected chi connectivity index (χ2v) is 7.57. The van der Waals surface area contributed by atoms with Gasteiger partial charge in [-0.3, -0.25) is 5.43 Å². The van der Waals surface area contributed by atoms with Gasteiger partial charge in [-0.15, -0.1) is 0 Å². The number of nitrogens with zero attached hydrogens (tertiary/aromatic N) is 3. The van der Waals surface area contributed by atoms with Crippen LogP contribution in [0.5, 0.6) is 23.5 Å². The summed E-state index contributed by atoms with van der Waals surface area (Å²) in [6, 6.07) is 17.4. The van der Waals surface area contributed by atoms with Gasteiger partial charge in [0, 0.05) is 5.56 Å². The van der Waals surface area contributed by atoms with Gasteiger partial charge >= 0.3 is 6.01 Å². The molecular formula is C23H26N4O3. The summed E-state index contributed by atoms with van der Waals surface area (Å²) in [5.41, 5.74) is 6.09. The Kier molecular flexibility index (Phi) is 6.51. The Bertz CT molecular complexity index is 989. The fourth-order valence-corrected chi connectivity index (χ4v) is 2.64. The topological polar surface area (TPSA) is 77.9 Å². The van der Waals surface area contributed by atoms with Crippen LogP contribution in [0.2, 0.25) is 0 Å². The molecule has 7 heteroatoms. The predicted octanol–water partition coefficient (Wildman–Crippen LogP) is 5.03. The van der Waals surface area contributed by atoms with E-state index in [4.69, 9.17) is 14.2 Å². The van der Waals surface area contributed by atoms with Gasteiger partial charge in [-0.25, -0.2) is 0 Å². The van der Waals surface area contributed by atoms with Gasteiger partial charge < -0.3 is 14.2 Å². The molecule has 0 bridgehead atoms. The molecule has 0 radical (unpaired) electrons. The summed E-state index contributed by atoms with van der Waals surface area (Å²) >= 11 is 0. The normalized spacial score (nSPS) is 11.4. The van der Waals surface area contributed by atoms with Crippen molar-refractivity contribution in [1.29, 1.82) is 0 Å². The fraction of sp³-hybridized carbons (Fsp3) is 0.261. The largest absolute Gasteiger partial charge is 0.481 e. The van der Waals surface area contributed by atoms with Crippen molar-refractivity contribution < 1.29 is 14.2 Å². The number of benzene rings is 2. The monoisotopic (exact) mass is 406 g/mol. The van der Waals surface area contributed by atoms with E-state index in [9.17, 15) is 0 Å². The van der Waals surface area contributed by atoms with Crippen molar-refractivity contribution >= 4 is 11.9 Å². The number of hydrogen-bond donors (Lipinski definition) is 1. The average Bonchev–Trinajstić information content (AvgIpc) is 2.74. The van der Waals surface area contributed by atoms with Crippen molar-refractivity contribution in [3.63, 3.8) is 0 Å². The molecule has 0 fully saturated rings. The molecule has 0 aliphatic heterocycles. The Morgan fingerprint density at radius 3 is 2.13 bits per heavy atom. The Balaban J connectivity index is 1.74. The summed E-state index contributed by atoms with van der Waals surface area (Å²) in [6.45, 7) is 6.56. The molecule has 7 nitrogen and oxygen atoms in total. The first-order chi connectivity index (χ1) is 14.4. The molecule has 0 saturated heterocycles. The van der Waals surface area contributed by atoms with E-state index >= 15 is 0 Å². The second kappa shape index (κ2) is 9.26. The molecule has 3 rings (SSSR count). The lowest BCUT2D eigenvalue weighted by Gasteiger charge is -2.18. The highest BCUT2D eigenvalue weighted by Gasteiger charge is 2.13. The summed E-state index contributed by atoms with van der Waals surface area (Å²) in [7, 11) is 3.04. The zero-order valence-electron chi connectivity index (χ0n) is 17.8. The first-order valence-electron chi connectivity index (χ1n) is 9.52. The lowest BCUT2D eigenvalue weighted by molar-refractivity contribution is 0.348. The van der Waals surface area contributed by atoms with Crippen molar-refractivity contribution in [3.05, 3.63) is 65.7 Å². The quantitative estimate of drug-likeness (QED) is 0.438. The maximum Gasteiger partial charge on any atom is 0.328 e. The van der Waals surface area contributed by atoms with Crippen molar-refractivity contribution in [2.45, 2.75) is 26.2 Å². The van der Waals surface area contributed by atoms with Crippen molar-refractivity contribution in [1.82, 2.24) is 9.97 Å². The third kappa shape index (κ3) is 5.47. The van der Waals surface area contributed by atoms with Crippen LogP contribution in [0.3, 0.4) is 0 Å². The molecule has 0 aliphatic carbocycles. The molecule has 0 spiro atoms. The minimum atomic E-state index is 0.114. The van der Waals surface area contributed by atoms with Crippen molar-refractivity contribution in [3.8, 4) is 23.5 Å². The molecule has 156 valence electrons. The van der Waals surface area contributed by atoms with E-state index in [2.05, 4.69) is 53.4 Å². The standard InChI is InChI=1S/C23H26N4O3/c1-23(2,3)17-10-12-18(13-11-17)27-24-15-16-8-6-7-9-19(16)30-22-25-20(28-4)14-21(26-22)29-5/h6-15,27H,1-5H3/b24-15+. The smallest absolute Gasteiger partial charge is 0.328 e. The van der Waals surface area contributed by atoms with Crippen LogP contribution in [0.1, 0.15) is 31.9 Å². The van der Waals surface area contributed by atoms with Gasteiger partial charge in [0.05, 0.1) is 32.2 Å². The first kappa shape index (κ1) is 21.1. The van der Waals surface area contributed by atoms with Gasteiger partial charge in [0.1, 0.15) is 5.75 Å². The maximum atomic E-state index is 5.85. The molecule has 1 N–H and O–H groups in total. The Labute approximate surface area is 176 Å². The van der Waals surface area contributed by atoms with E-state index in [-0.39, 0.29) is 11.4 Å². The highest BCUT2D eigenvalue weighted by Crippen LogP contribution is 2.26. The van der Waals surface area contributed by atoms with Gasteiger partial charge in [0.2, 0.25) is 11.8 Å². The van der Waals surface area contributed by atoms with Gasteiger partial charge in [0.25, 0.3) is 0 Å². The Morgan fingerprint density at radius 1 is 0.900 bits per heavy atom. The summed E-state index contributed by atoms with van der Waals surface area (Å²) in [5.74, 6) is 1.26. The van der Waals surface area contributed by atoms with E-state index in [0.29, 0.717) is 17.5 Å². The SMILES string of the molecule is COc1cc(OC)nc(Oc2ccccc2/C=N/Nc2ccc(C(C)(C)C)cc2)n1. The zero-order valence-corrected chi connectivity index (χ0v) is 17.8. The van der Waals surface area contributed by atoms with Crippen LogP contribution in [0.15, 0.2) is 59.7 Å². The number of anilines is 1. The average molecular weight is 406 g/mol. The van der Waals surface area contributed by atoms with Gasteiger partial charge in [-0.2, -0.15) is 15.1 Å². The zero-order chi connectivity index (χ0) is 21.6. The number of nitrogens with one attached hydrogen (secondary N) is 1. The molecular weight excluding hydrogens is 380 g/mol. The summed E-state index contributed by atoms with van der Waals surface area (Å²) in [5, 5.41) is 4.33. The molecule has 2 aromatic carbocycles. The second-order valence-electron chi connectivity index (χ2n) is 7.57. The number of ether oxygens (including phenoxy) is 3. The number of methoxy groups -OCH3 is 2. The van der Waals surface area contributed by atoms with Crippen LogP contribution in [-0.2, 0) is 5.41 Å². The van der Waals surface area contributed by atoms with Gasteiger partial charge in [-0.05, 0) is 35.2 Å².